The third-order valence-corrected chi connectivity index (χ3v) is 3.56. The molecule has 2 rings (SSSR count). The first-order valence-electron chi connectivity index (χ1n) is 5.51. The summed E-state index contributed by atoms with van der Waals surface area (Å²) in [5.41, 5.74) is 2.21. The Balaban J connectivity index is 2.11. The van der Waals surface area contributed by atoms with Crippen molar-refractivity contribution >= 4 is 21.6 Å². The molecule has 0 amide bonds. The van der Waals surface area contributed by atoms with E-state index in [1.807, 2.05) is 6.07 Å². The molecule has 1 N–H and O–H groups in total. The minimum Gasteiger partial charge on any atom is -0.381 e. The summed E-state index contributed by atoms with van der Waals surface area (Å²) >= 11 is 3.20. The number of nitrogens with one attached hydrogen (secondary N) is 1. The Kier molecular flexibility index (Phi) is 3.97. The molecule has 0 saturated heterocycles. The van der Waals surface area contributed by atoms with Gasteiger partial charge in [-0.1, -0.05) is 12.1 Å². The number of hydrogen-bond acceptors (Lipinski definition) is 1. The molecule has 0 bridgehead atoms. The van der Waals surface area contributed by atoms with E-state index in [0.717, 1.165) is 11.3 Å². The molecule has 0 heterocycles. The SMILES string of the molecule is Cc1cc(NCc2cccc(F)c2Br)ccc1F. The van der Waals surface area contributed by atoms with E-state index >= 15 is 0 Å². The van der Waals surface area contributed by atoms with Crippen LogP contribution in [0.1, 0.15) is 11.1 Å². The lowest BCUT2D eigenvalue weighted by molar-refractivity contribution is 0.618. The summed E-state index contributed by atoms with van der Waals surface area (Å²) in [5, 5.41) is 3.13. The molecule has 4 heteroatoms. The van der Waals surface area contributed by atoms with Gasteiger partial charge in [-0.2, -0.15) is 0 Å². The number of hydrogen-bond donors (Lipinski definition) is 1. The van der Waals surface area contributed by atoms with Crippen LogP contribution in [0.2, 0.25) is 0 Å². The molecule has 0 saturated carbocycles. The van der Waals surface area contributed by atoms with Crippen LogP contribution in [0, 0.1) is 18.6 Å². The summed E-state index contributed by atoms with van der Waals surface area (Å²) in [6.45, 7) is 2.18. The molecule has 0 aliphatic rings. The minimum atomic E-state index is -0.287. The van der Waals surface area contributed by atoms with Crippen LogP contribution in [0.4, 0.5) is 14.5 Å². The molecule has 0 unspecified atom stereocenters. The summed E-state index contributed by atoms with van der Waals surface area (Å²) in [6, 6.07) is 9.69. The van der Waals surface area contributed by atoms with Gasteiger partial charge in [0.2, 0.25) is 0 Å². The highest BCUT2D eigenvalue weighted by Crippen LogP contribution is 2.22. The molecule has 0 radical (unpaired) electrons. The van der Waals surface area contributed by atoms with E-state index in [-0.39, 0.29) is 11.6 Å². The van der Waals surface area contributed by atoms with E-state index in [9.17, 15) is 8.78 Å². The quantitative estimate of drug-likeness (QED) is 0.870. The Bertz CT molecular complexity index is 570. The minimum absolute atomic E-state index is 0.229. The smallest absolute Gasteiger partial charge is 0.137 e. The molecule has 0 fully saturated rings. The zero-order valence-corrected chi connectivity index (χ0v) is 11.4. The van der Waals surface area contributed by atoms with Crippen molar-refractivity contribution in [1.29, 1.82) is 0 Å². The number of anilines is 1. The van der Waals surface area contributed by atoms with Crippen molar-refractivity contribution in [2.24, 2.45) is 0 Å². The summed E-state index contributed by atoms with van der Waals surface area (Å²) in [4.78, 5) is 0. The average Bonchev–Trinajstić information content (AvgIpc) is 2.35. The van der Waals surface area contributed by atoms with Crippen LogP contribution in [0.15, 0.2) is 40.9 Å². The molecule has 94 valence electrons. The van der Waals surface area contributed by atoms with Gasteiger partial charge in [0, 0.05) is 12.2 Å². The van der Waals surface area contributed by atoms with Crippen molar-refractivity contribution < 1.29 is 8.78 Å². The summed E-state index contributed by atoms with van der Waals surface area (Å²) in [7, 11) is 0. The maximum absolute atomic E-state index is 13.3. The normalized spacial score (nSPS) is 10.4. The molecule has 0 aliphatic heterocycles. The lowest BCUT2D eigenvalue weighted by Crippen LogP contribution is -2.01. The molecule has 2 aromatic rings. The number of rotatable bonds is 3. The van der Waals surface area contributed by atoms with Crippen LogP contribution in [0.5, 0.6) is 0 Å². The van der Waals surface area contributed by atoms with Crippen LogP contribution < -0.4 is 5.32 Å². The van der Waals surface area contributed by atoms with Crippen LogP contribution in [0.3, 0.4) is 0 Å². The Hall–Kier alpha value is -1.42. The van der Waals surface area contributed by atoms with Crippen molar-refractivity contribution in [3.8, 4) is 0 Å². The maximum Gasteiger partial charge on any atom is 0.137 e. The Morgan fingerprint density at radius 1 is 1.11 bits per heavy atom. The number of aryl methyl sites for hydroxylation is 1. The first-order valence-corrected chi connectivity index (χ1v) is 6.30. The Morgan fingerprint density at radius 2 is 1.89 bits per heavy atom. The summed E-state index contributed by atoms with van der Waals surface area (Å²) < 4.78 is 26.8. The molecule has 1 nitrogen and oxygen atoms in total. The summed E-state index contributed by atoms with van der Waals surface area (Å²) in [5.74, 6) is -0.517. The fourth-order valence-electron chi connectivity index (χ4n) is 1.64. The van der Waals surface area contributed by atoms with Gasteiger partial charge >= 0.3 is 0 Å². The molecule has 18 heavy (non-hydrogen) atoms. The fraction of sp³-hybridized carbons (Fsp3) is 0.143. The van der Waals surface area contributed by atoms with Gasteiger partial charge in [0.15, 0.2) is 0 Å². The lowest BCUT2D eigenvalue weighted by Gasteiger charge is -2.09. The van der Waals surface area contributed by atoms with Gasteiger partial charge in [0.1, 0.15) is 11.6 Å². The number of benzene rings is 2. The van der Waals surface area contributed by atoms with Gasteiger partial charge in [-0.15, -0.1) is 0 Å². The Labute approximate surface area is 113 Å². The molecular weight excluding hydrogens is 300 g/mol. The highest BCUT2D eigenvalue weighted by atomic mass is 79.9. The largest absolute Gasteiger partial charge is 0.381 e. The van der Waals surface area contributed by atoms with Crippen LogP contribution in [0.25, 0.3) is 0 Å². The highest BCUT2D eigenvalue weighted by molar-refractivity contribution is 9.10. The zero-order chi connectivity index (χ0) is 13.1. The second kappa shape index (κ2) is 5.48. The Morgan fingerprint density at radius 3 is 2.61 bits per heavy atom. The molecule has 0 aromatic heterocycles. The first kappa shape index (κ1) is 13.0. The standard InChI is InChI=1S/C14H12BrF2N/c1-9-7-11(5-6-12(9)16)18-8-10-3-2-4-13(17)14(10)15/h2-7,18H,8H2,1H3. The van der Waals surface area contributed by atoms with E-state index in [1.54, 1.807) is 25.1 Å². The topological polar surface area (TPSA) is 12.0 Å². The van der Waals surface area contributed by atoms with Crippen LogP contribution in [-0.4, -0.2) is 0 Å². The van der Waals surface area contributed by atoms with Crippen molar-refractivity contribution in [2.45, 2.75) is 13.5 Å². The molecular formula is C14H12BrF2N. The average molecular weight is 312 g/mol. The lowest BCUT2D eigenvalue weighted by atomic mass is 10.2. The van der Waals surface area contributed by atoms with Gasteiger partial charge in [-0.25, -0.2) is 8.78 Å². The van der Waals surface area contributed by atoms with E-state index in [2.05, 4.69) is 21.2 Å². The van der Waals surface area contributed by atoms with Crippen LogP contribution >= 0.6 is 15.9 Å². The number of halogens is 3. The van der Waals surface area contributed by atoms with Gasteiger partial charge < -0.3 is 5.32 Å². The highest BCUT2D eigenvalue weighted by Gasteiger charge is 2.05. The predicted octanol–water partition coefficient (Wildman–Crippen LogP) is 4.65. The van der Waals surface area contributed by atoms with E-state index in [1.165, 1.54) is 12.1 Å². The second-order valence-corrected chi connectivity index (χ2v) is 4.82. The predicted molar refractivity (Wildman–Crippen MR) is 72.6 cm³/mol. The molecule has 2 aromatic carbocycles. The molecule has 0 aliphatic carbocycles. The second-order valence-electron chi connectivity index (χ2n) is 4.03. The molecule has 0 atom stereocenters. The third kappa shape index (κ3) is 2.88. The molecule has 0 spiro atoms. The van der Waals surface area contributed by atoms with Gasteiger partial charge in [-0.3, -0.25) is 0 Å². The zero-order valence-electron chi connectivity index (χ0n) is 9.81. The van der Waals surface area contributed by atoms with Gasteiger partial charge in [0.05, 0.1) is 4.47 Å². The van der Waals surface area contributed by atoms with Crippen molar-refractivity contribution in [1.82, 2.24) is 0 Å². The third-order valence-electron chi connectivity index (χ3n) is 2.67. The monoisotopic (exact) mass is 311 g/mol. The van der Waals surface area contributed by atoms with Crippen molar-refractivity contribution in [3.63, 3.8) is 0 Å². The van der Waals surface area contributed by atoms with Crippen molar-refractivity contribution in [3.05, 3.63) is 63.6 Å². The van der Waals surface area contributed by atoms with Crippen LogP contribution in [-0.2, 0) is 6.54 Å². The fourth-order valence-corrected chi connectivity index (χ4v) is 2.04. The van der Waals surface area contributed by atoms with Crippen molar-refractivity contribution in [2.75, 3.05) is 5.32 Å². The summed E-state index contributed by atoms with van der Waals surface area (Å²) in [6.07, 6.45) is 0. The van der Waals surface area contributed by atoms with Gasteiger partial charge in [0.25, 0.3) is 0 Å². The first-order chi connectivity index (χ1) is 8.58. The van der Waals surface area contributed by atoms with Gasteiger partial charge in [-0.05, 0) is 58.2 Å². The van der Waals surface area contributed by atoms with E-state index in [4.69, 9.17) is 0 Å². The van der Waals surface area contributed by atoms with E-state index in [0.29, 0.717) is 16.6 Å². The van der Waals surface area contributed by atoms with E-state index < -0.39 is 0 Å². The maximum atomic E-state index is 13.3.